The third-order valence-corrected chi connectivity index (χ3v) is 13.8. The molecule has 2 heterocycles. The number of benzene rings is 2. The van der Waals surface area contributed by atoms with E-state index in [1.165, 1.54) is 18.2 Å². The summed E-state index contributed by atoms with van der Waals surface area (Å²) in [5.74, 6) is 0.00748. The molecule has 76 heavy (non-hydrogen) atoms. The molecule has 3 atom stereocenters. The van der Waals surface area contributed by atoms with E-state index >= 15 is 0 Å². The van der Waals surface area contributed by atoms with Crippen molar-refractivity contribution in [3.63, 3.8) is 0 Å². The molecule has 2 aromatic carbocycles. The molecule has 424 valence electrons. The van der Waals surface area contributed by atoms with Gasteiger partial charge in [0.05, 0.1) is 82.7 Å². The summed E-state index contributed by atoms with van der Waals surface area (Å²) in [6.07, 6.45) is 10.1. The molecule has 0 spiro atoms. The van der Waals surface area contributed by atoms with Crippen molar-refractivity contribution < 1.29 is 71.1 Å². The van der Waals surface area contributed by atoms with Crippen molar-refractivity contribution in [2.24, 2.45) is 0 Å². The maximum absolute atomic E-state index is 13.9. The Morgan fingerprint density at radius 3 is 1.57 bits per heavy atom. The van der Waals surface area contributed by atoms with Gasteiger partial charge in [-0.1, -0.05) is 18.6 Å². The summed E-state index contributed by atoms with van der Waals surface area (Å²) in [7, 11) is 0. The number of hydrogen-bond acceptors (Lipinski definition) is 15. The molecule has 0 saturated carbocycles. The number of hydrogen-bond donors (Lipinski definition) is 4. The minimum absolute atomic E-state index is 0.0325. The van der Waals surface area contributed by atoms with Crippen LogP contribution in [0.5, 0.6) is 0 Å². The first-order valence-electron chi connectivity index (χ1n) is 27.1. The summed E-state index contributed by atoms with van der Waals surface area (Å²) in [6, 6.07) is 10.2. The Morgan fingerprint density at radius 1 is 0.566 bits per heavy atom. The van der Waals surface area contributed by atoms with Gasteiger partial charge in [-0.3, -0.25) is 29.3 Å². The molecule has 2 saturated heterocycles. The van der Waals surface area contributed by atoms with E-state index in [-0.39, 0.29) is 58.8 Å². The van der Waals surface area contributed by atoms with Crippen LogP contribution in [0.25, 0.3) is 0 Å². The molecular formula is C56H83FN4O14S. The van der Waals surface area contributed by atoms with Crippen molar-refractivity contribution in [1.82, 2.24) is 10.6 Å². The van der Waals surface area contributed by atoms with Gasteiger partial charge in [0.25, 0.3) is 5.91 Å². The van der Waals surface area contributed by atoms with Gasteiger partial charge >= 0.3 is 12.1 Å². The minimum Gasteiger partial charge on any atom is -0.444 e. The number of Topliss-reactive ketones (excluding diaryl/α,β-unsaturated/α-hetero) is 4. The number of nitrogens with one attached hydrogen (secondary N) is 4. The van der Waals surface area contributed by atoms with Gasteiger partial charge in [-0.05, 0) is 115 Å². The topological polar surface area (TPSA) is 232 Å². The molecule has 2 unspecified atom stereocenters. The SMILES string of the molecule is CC(C)(C)OC(=O)Nc1cc(F)ccc1NC(=O)c1ccc(C(=O)CCCCOCCOCCOCCCCC(=O)CC(=O)CCCCOCCOCCOCCCCC(=O)CCCC[C@@H]2SCC3NC(=O)NC32)cc1. The number of urea groups is 1. The van der Waals surface area contributed by atoms with Gasteiger partial charge in [-0.15, -0.1) is 0 Å². The standard InChI is InChI=1S/C56H83FN4O14S/c1-56(2,3)75-55(68)60-48-38-43(57)24-25-47(48)58-53(66)42-22-20-41(21-23-42)50(65)18-9-13-29-72-33-37-74-36-32-71-28-12-8-17-46(64)39-45(63)16-7-11-27-70-31-35-73-34-30-69-26-10-6-15-44(62)14-4-5-19-51-52-49(40-76-51)59-54(67)61-52/h20-25,38,49,51-52H,4-19,26-37,39-40H2,1-3H3,(H,58,66)(H,60,68)(H2,59,61,67)/t49?,51-,52?/m0/s1. The fraction of sp³-hybridized carbons (Fsp3) is 0.661. The molecule has 18 nitrogen and oxygen atoms in total. The largest absolute Gasteiger partial charge is 0.444 e. The molecular weight excluding hydrogens is 1000 g/mol. The lowest BCUT2D eigenvalue weighted by Crippen LogP contribution is -2.36. The Labute approximate surface area is 452 Å². The van der Waals surface area contributed by atoms with Crippen molar-refractivity contribution in [3.8, 4) is 0 Å². The highest BCUT2D eigenvalue weighted by Crippen LogP contribution is 2.33. The molecule has 0 aromatic heterocycles. The van der Waals surface area contributed by atoms with Crippen molar-refractivity contribution in [3.05, 3.63) is 59.4 Å². The van der Waals surface area contributed by atoms with Gasteiger partial charge in [-0.2, -0.15) is 11.8 Å². The molecule has 0 bridgehead atoms. The van der Waals surface area contributed by atoms with Crippen LogP contribution in [0, 0.1) is 5.82 Å². The Morgan fingerprint density at radius 2 is 1.04 bits per heavy atom. The zero-order chi connectivity index (χ0) is 54.8. The second-order valence-electron chi connectivity index (χ2n) is 19.9. The maximum Gasteiger partial charge on any atom is 0.412 e. The smallest absolute Gasteiger partial charge is 0.412 e. The zero-order valence-corrected chi connectivity index (χ0v) is 45.8. The third kappa shape index (κ3) is 28.0. The fourth-order valence-corrected chi connectivity index (χ4v) is 9.82. The third-order valence-electron chi connectivity index (χ3n) is 12.3. The van der Waals surface area contributed by atoms with Gasteiger partial charge in [0.2, 0.25) is 0 Å². The Balaban J connectivity index is 0.838. The summed E-state index contributed by atoms with van der Waals surface area (Å²) >= 11 is 1.91. The number of ketones is 4. The Kier molecular flexibility index (Phi) is 31.1. The second kappa shape index (κ2) is 37.1. The zero-order valence-electron chi connectivity index (χ0n) is 45.0. The van der Waals surface area contributed by atoms with Gasteiger partial charge < -0.3 is 49.1 Å². The van der Waals surface area contributed by atoms with Crippen LogP contribution in [-0.2, 0) is 47.5 Å². The van der Waals surface area contributed by atoms with E-state index in [1.54, 1.807) is 32.9 Å². The molecule has 2 aliphatic heterocycles. The van der Waals surface area contributed by atoms with Crippen LogP contribution in [-0.4, -0.2) is 149 Å². The molecule has 20 heteroatoms. The molecule has 2 fully saturated rings. The normalized spacial score (nSPS) is 15.9. The van der Waals surface area contributed by atoms with Crippen molar-refractivity contribution in [2.45, 2.75) is 153 Å². The average molecular weight is 1090 g/mol. The summed E-state index contributed by atoms with van der Waals surface area (Å²) in [6.45, 7) is 10.8. The lowest BCUT2D eigenvalue weighted by Gasteiger charge is -2.20. The summed E-state index contributed by atoms with van der Waals surface area (Å²) < 4.78 is 52.7. The molecule has 2 aromatic rings. The van der Waals surface area contributed by atoms with Crippen LogP contribution < -0.4 is 21.3 Å². The molecule has 4 rings (SSSR count). The fourth-order valence-electron chi connectivity index (χ4n) is 8.27. The monoisotopic (exact) mass is 1090 g/mol. The number of carbonyl (C=O) groups excluding carboxylic acids is 7. The van der Waals surface area contributed by atoms with E-state index in [4.69, 9.17) is 33.2 Å². The van der Waals surface area contributed by atoms with Crippen LogP contribution in [0.1, 0.15) is 151 Å². The number of anilines is 2. The number of halogens is 1. The van der Waals surface area contributed by atoms with E-state index in [0.29, 0.717) is 154 Å². The van der Waals surface area contributed by atoms with E-state index in [0.717, 1.165) is 62.8 Å². The van der Waals surface area contributed by atoms with Crippen molar-refractivity contribution in [2.75, 3.05) is 95.7 Å². The Hall–Kier alpha value is -4.83. The van der Waals surface area contributed by atoms with Crippen LogP contribution in [0.15, 0.2) is 42.5 Å². The van der Waals surface area contributed by atoms with Crippen molar-refractivity contribution >= 4 is 64.3 Å². The van der Waals surface area contributed by atoms with Crippen LogP contribution in [0.2, 0.25) is 0 Å². The highest BCUT2D eigenvalue weighted by molar-refractivity contribution is 8.00. The number of fused-ring (bicyclic) bond motifs is 1. The highest BCUT2D eigenvalue weighted by Gasteiger charge is 2.42. The number of unbranched alkanes of at least 4 members (excludes halogenated alkanes) is 5. The second-order valence-corrected chi connectivity index (χ2v) is 21.2. The van der Waals surface area contributed by atoms with E-state index < -0.39 is 23.4 Å². The summed E-state index contributed by atoms with van der Waals surface area (Å²) in [4.78, 5) is 86.2. The van der Waals surface area contributed by atoms with Gasteiger partial charge in [-0.25, -0.2) is 14.0 Å². The first-order valence-corrected chi connectivity index (χ1v) is 28.2. The lowest BCUT2D eigenvalue weighted by atomic mass is 10.0. The maximum atomic E-state index is 13.9. The van der Waals surface area contributed by atoms with Crippen LogP contribution >= 0.6 is 11.8 Å². The van der Waals surface area contributed by atoms with E-state index in [9.17, 15) is 38.0 Å². The van der Waals surface area contributed by atoms with Crippen LogP contribution in [0.3, 0.4) is 0 Å². The average Bonchev–Trinajstić information content (AvgIpc) is 3.94. The number of ether oxygens (including phenoxy) is 7. The van der Waals surface area contributed by atoms with E-state index in [1.807, 2.05) is 11.8 Å². The predicted molar refractivity (Wildman–Crippen MR) is 289 cm³/mol. The number of thioether (sulfide) groups is 1. The van der Waals surface area contributed by atoms with Crippen LogP contribution in [0.4, 0.5) is 25.4 Å². The van der Waals surface area contributed by atoms with E-state index in [2.05, 4.69) is 21.3 Å². The quantitative estimate of drug-likeness (QED) is 0.0210. The minimum atomic E-state index is -0.795. The van der Waals surface area contributed by atoms with Crippen molar-refractivity contribution in [1.29, 1.82) is 0 Å². The lowest BCUT2D eigenvalue weighted by molar-refractivity contribution is -0.127. The molecule has 0 aliphatic carbocycles. The van der Waals surface area contributed by atoms with Gasteiger partial charge in [0, 0.05) is 80.7 Å². The molecule has 2 aliphatic rings. The molecule has 4 N–H and O–H groups in total. The predicted octanol–water partition coefficient (Wildman–Crippen LogP) is 9.21. The summed E-state index contributed by atoms with van der Waals surface area (Å²) in [5.41, 5.74) is 0.193. The highest BCUT2D eigenvalue weighted by atomic mass is 32.2. The first kappa shape index (κ1) is 63.7. The summed E-state index contributed by atoms with van der Waals surface area (Å²) in [5, 5.41) is 11.5. The number of rotatable bonds is 43. The van der Waals surface area contributed by atoms with Gasteiger partial charge in [0.1, 0.15) is 28.8 Å². The first-order chi connectivity index (χ1) is 36.7. The number of carbonyl (C=O) groups is 7. The number of amides is 4. The molecule has 0 radical (unpaired) electrons. The Bertz CT molecular complexity index is 2090. The van der Waals surface area contributed by atoms with Gasteiger partial charge in [0.15, 0.2) is 5.78 Å². The molecule has 4 amide bonds.